The number of ether oxygens (including phenoxy) is 2. The number of benzene rings is 1. The maximum absolute atomic E-state index is 12.4. The van der Waals surface area contributed by atoms with Crippen LogP contribution < -0.4 is 9.47 Å². The molecule has 1 heterocycles. The van der Waals surface area contributed by atoms with Crippen molar-refractivity contribution in [3.8, 4) is 11.5 Å². The van der Waals surface area contributed by atoms with Crippen LogP contribution in [0.3, 0.4) is 0 Å². The van der Waals surface area contributed by atoms with E-state index in [1.165, 1.54) is 18.4 Å². The summed E-state index contributed by atoms with van der Waals surface area (Å²) in [6, 6.07) is 7.96. The van der Waals surface area contributed by atoms with E-state index in [0.29, 0.717) is 24.1 Å². The number of aryl methyl sites for hydroxylation is 1. The van der Waals surface area contributed by atoms with Crippen LogP contribution in [0, 0.1) is 12.8 Å². The Kier molecular flexibility index (Phi) is 6.04. The third-order valence-corrected chi connectivity index (χ3v) is 5.24. The molecule has 146 valence electrons. The molecule has 1 amide bonds. The predicted octanol–water partition coefficient (Wildman–Crippen LogP) is 3.59. The topological polar surface area (TPSA) is 64.8 Å². The number of rotatable bonds is 9. The second kappa shape index (κ2) is 8.46. The van der Waals surface area contributed by atoms with Crippen molar-refractivity contribution in [2.24, 2.45) is 5.92 Å². The Morgan fingerprint density at radius 3 is 2.59 bits per heavy atom. The van der Waals surface area contributed by atoms with Crippen molar-refractivity contribution in [3.63, 3.8) is 0 Å². The molecule has 0 spiro atoms. The minimum Gasteiger partial charge on any atom is -0.493 e. The SMILES string of the molecule is COc1ccc(C(CCN(C)C(=O)Cc2cc(C)on2)C2CC2)cc1OC. The van der Waals surface area contributed by atoms with Gasteiger partial charge in [-0.2, -0.15) is 0 Å². The Hall–Kier alpha value is -2.50. The molecule has 2 aromatic rings. The van der Waals surface area contributed by atoms with E-state index in [1.54, 1.807) is 19.1 Å². The number of carbonyl (C=O) groups excluding carboxylic acids is 1. The van der Waals surface area contributed by atoms with Crippen LogP contribution in [-0.2, 0) is 11.2 Å². The summed E-state index contributed by atoms with van der Waals surface area (Å²) in [6.07, 6.45) is 3.70. The number of nitrogens with zero attached hydrogens (tertiary/aromatic N) is 2. The fourth-order valence-electron chi connectivity index (χ4n) is 3.51. The molecule has 0 bridgehead atoms. The molecule has 1 aliphatic carbocycles. The number of carbonyl (C=O) groups is 1. The highest BCUT2D eigenvalue weighted by Gasteiger charge is 2.33. The van der Waals surface area contributed by atoms with Crippen molar-refractivity contribution < 1.29 is 18.8 Å². The van der Waals surface area contributed by atoms with E-state index in [2.05, 4.69) is 17.3 Å². The van der Waals surface area contributed by atoms with Gasteiger partial charge in [-0.25, -0.2) is 0 Å². The molecule has 0 aliphatic heterocycles. The Balaban J connectivity index is 1.62. The van der Waals surface area contributed by atoms with Gasteiger partial charge in [-0.15, -0.1) is 0 Å². The molecule has 0 N–H and O–H groups in total. The lowest BCUT2D eigenvalue weighted by Gasteiger charge is -2.23. The van der Waals surface area contributed by atoms with Gasteiger partial charge in [-0.1, -0.05) is 11.2 Å². The zero-order valence-corrected chi connectivity index (χ0v) is 16.5. The standard InChI is InChI=1S/C21H28N2O4/c1-14-11-17(22-27-14)13-21(24)23(2)10-9-18(15-5-6-15)16-7-8-19(25-3)20(12-16)26-4/h7-8,11-12,15,18H,5-6,9-10,13H2,1-4H3. The largest absolute Gasteiger partial charge is 0.493 e. The lowest BCUT2D eigenvalue weighted by atomic mass is 9.90. The van der Waals surface area contributed by atoms with E-state index in [0.717, 1.165) is 23.7 Å². The second-order valence-corrected chi connectivity index (χ2v) is 7.27. The average Bonchev–Trinajstić information content (AvgIpc) is 3.43. The third-order valence-electron chi connectivity index (χ3n) is 5.24. The molecule has 1 atom stereocenters. The molecule has 1 aromatic heterocycles. The van der Waals surface area contributed by atoms with Gasteiger partial charge in [0, 0.05) is 19.7 Å². The fraction of sp³-hybridized carbons (Fsp3) is 0.524. The first-order chi connectivity index (χ1) is 13.0. The summed E-state index contributed by atoms with van der Waals surface area (Å²) >= 11 is 0. The van der Waals surface area contributed by atoms with Crippen molar-refractivity contribution in [1.82, 2.24) is 10.1 Å². The van der Waals surface area contributed by atoms with Crippen molar-refractivity contribution in [2.45, 2.75) is 38.5 Å². The maximum Gasteiger partial charge on any atom is 0.228 e. The van der Waals surface area contributed by atoms with Gasteiger partial charge >= 0.3 is 0 Å². The van der Waals surface area contributed by atoms with Gasteiger partial charge in [0.25, 0.3) is 0 Å². The predicted molar refractivity (Wildman–Crippen MR) is 102 cm³/mol. The smallest absolute Gasteiger partial charge is 0.228 e. The quantitative estimate of drug-likeness (QED) is 0.673. The molecule has 1 fully saturated rings. The first kappa shape index (κ1) is 19.3. The van der Waals surface area contributed by atoms with Gasteiger partial charge in [0.05, 0.1) is 26.3 Å². The highest BCUT2D eigenvalue weighted by molar-refractivity contribution is 5.78. The molecule has 27 heavy (non-hydrogen) atoms. The minimum atomic E-state index is 0.0603. The number of hydrogen-bond donors (Lipinski definition) is 0. The zero-order valence-electron chi connectivity index (χ0n) is 16.5. The van der Waals surface area contributed by atoms with Crippen molar-refractivity contribution in [2.75, 3.05) is 27.8 Å². The summed E-state index contributed by atoms with van der Waals surface area (Å²) in [4.78, 5) is 14.2. The average molecular weight is 372 g/mol. The molecule has 0 radical (unpaired) electrons. The highest BCUT2D eigenvalue weighted by Crippen LogP contribution is 2.46. The van der Waals surface area contributed by atoms with Crippen LogP contribution in [0.1, 0.15) is 42.2 Å². The van der Waals surface area contributed by atoms with E-state index in [9.17, 15) is 4.79 Å². The van der Waals surface area contributed by atoms with Crippen LogP contribution in [0.15, 0.2) is 28.8 Å². The maximum atomic E-state index is 12.4. The Morgan fingerprint density at radius 2 is 2.00 bits per heavy atom. The normalized spacial score (nSPS) is 14.7. The van der Waals surface area contributed by atoms with Gasteiger partial charge < -0.3 is 18.9 Å². The molecule has 1 unspecified atom stereocenters. The van der Waals surface area contributed by atoms with E-state index in [4.69, 9.17) is 14.0 Å². The van der Waals surface area contributed by atoms with Crippen LogP contribution in [0.5, 0.6) is 11.5 Å². The number of aromatic nitrogens is 1. The third kappa shape index (κ3) is 4.81. The minimum absolute atomic E-state index is 0.0603. The molecule has 1 aromatic carbocycles. The summed E-state index contributed by atoms with van der Waals surface area (Å²) in [7, 11) is 5.16. The summed E-state index contributed by atoms with van der Waals surface area (Å²) < 4.78 is 15.8. The zero-order chi connectivity index (χ0) is 19.4. The highest BCUT2D eigenvalue weighted by atomic mass is 16.5. The molecule has 6 nitrogen and oxygen atoms in total. The fourth-order valence-corrected chi connectivity index (χ4v) is 3.51. The monoisotopic (exact) mass is 372 g/mol. The molecule has 1 saturated carbocycles. The van der Waals surface area contributed by atoms with Crippen LogP contribution >= 0.6 is 0 Å². The lowest BCUT2D eigenvalue weighted by Crippen LogP contribution is -2.30. The number of amides is 1. The molecular weight excluding hydrogens is 344 g/mol. The summed E-state index contributed by atoms with van der Waals surface area (Å²) in [5.41, 5.74) is 1.94. The van der Waals surface area contributed by atoms with Crippen LogP contribution in [0.25, 0.3) is 0 Å². The first-order valence-electron chi connectivity index (χ1n) is 9.40. The van der Waals surface area contributed by atoms with Crippen LogP contribution in [0.2, 0.25) is 0 Å². The molecule has 0 saturated heterocycles. The summed E-state index contributed by atoms with van der Waals surface area (Å²) in [5.74, 6) is 3.39. The van der Waals surface area contributed by atoms with Gasteiger partial charge in [0.1, 0.15) is 5.76 Å². The lowest BCUT2D eigenvalue weighted by molar-refractivity contribution is -0.129. The van der Waals surface area contributed by atoms with E-state index in [1.807, 2.05) is 26.1 Å². The van der Waals surface area contributed by atoms with E-state index < -0.39 is 0 Å². The molecule has 6 heteroatoms. The van der Waals surface area contributed by atoms with E-state index >= 15 is 0 Å². The number of likely N-dealkylation sites (N-methyl/N-ethyl adjacent to an activating group) is 1. The van der Waals surface area contributed by atoms with Crippen molar-refractivity contribution in [3.05, 3.63) is 41.3 Å². The van der Waals surface area contributed by atoms with Crippen molar-refractivity contribution >= 4 is 5.91 Å². The molecule has 1 aliphatic rings. The van der Waals surface area contributed by atoms with Crippen molar-refractivity contribution in [1.29, 1.82) is 0 Å². The van der Waals surface area contributed by atoms with Crippen LogP contribution in [0.4, 0.5) is 0 Å². The molecular formula is C21H28N2O4. The number of methoxy groups -OCH3 is 2. The summed E-state index contributed by atoms with van der Waals surface area (Å²) in [6.45, 7) is 2.54. The van der Waals surface area contributed by atoms with Gasteiger partial charge in [-0.05, 0) is 55.7 Å². The Labute approximate surface area is 160 Å². The Bertz CT molecular complexity index is 782. The molecule has 3 rings (SSSR count). The first-order valence-corrected chi connectivity index (χ1v) is 9.40. The van der Waals surface area contributed by atoms with Gasteiger partial charge in [0.2, 0.25) is 5.91 Å². The Morgan fingerprint density at radius 1 is 1.26 bits per heavy atom. The van der Waals surface area contributed by atoms with Crippen LogP contribution in [-0.4, -0.2) is 43.8 Å². The second-order valence-electron chi connectivity index (χ2n) is 7.27. The van der Waals surface area contributed by atoms with Gasteiger partial charge in [0.15, 0.2) is 11.5 Å². The van der Waals surface area contributed by atoms with E-state index in [-0.39, 0.29) is 12.3 Å². The summed E-state index contributed by atoms with van der Waals surface area (Å²) in [5, 5.41) is 3.91. The number of hydrogen-bond acceptors (Lipinski definition) is 5. The van der Waals surface area contributed by atoms with Gasteiger partial charge in [-0.3, -0.25) is 4.79 Å².